The number of nitrogens with one attached hydrogen (secondary N) is 1. The highest BCUT2D eigenvalue weighted by atomic mass is 32.2. The summed E-state index contributed by atoms with van der Waals surface area (Å²) in [7, 11) is 0. The minimum Gasteiger partial charge on any atom is -0.340 e. The summed E-state index contributed by atoms with van der Waals surface area (Å²) in [5.74, 6) is 0. The van der Waals surface area contributed by atoms with E-state index < -0.39 is 0 Å². The molecule has 2 aromatic carbocycles. The highest BCUT2D eigenvalue weighted by Gasteiger charge is 2.23. The number of hydrogen-bond donors (Lipinski definition) is 1. The topological polar surface area (TPSA) is 15.3 Å². The second kappa shape index (κ2) is 5.74. The fourth-order valence-corrected chi connectivity index (χ4v) is 3.95. The summed E-state index contributed by atoms with van der Waals surface area (Å²) in [4.78, 5) is 5.22. The standard InChI is InChI=1S/C18H20N2S/c1-3-8-17-15(6-1)20(13-5-12-19-14-10-11-14)16-7-2-4-9-18(16)21-17/h1-4,6-9,14,19H,5,10-13H2. The number of benzene rings is 2. The molecule has 0 saturated heterocycles. The van der Waals surface area contributed by atoms with Gasteiger partial charge in [-0.3, -0.25) is 0 Å². The maximum atomic E-state index is 3.61. The number of anilines is 2. The molecule has 1 aliphatic carbocycles. The largest absolute Gasteiger partial charge is 0.340 e. The molecule has 2 aliphatic rings. The first-order valence-electron chi connectivity index (χ1n) is 7.79. The number of para-hydroxylation sites is 2. The van der Waals surface area contributed by atoms with Gasteiger partial charge in [0.25, 0.3) is 0 Å². The van der Waals surface area contributed by atoms with Crippen molar-refractivity contribution in [3.05, 3.63) is 48.5 Å². The average Bonchev–Trinajstić information content (AvgIpc) is 3.34. The van der Waals surface area contributed by atoms with Crippen molar-refractivity contribution >= 4 is 23.1 Å². The van der Waals surface area contributed by atoms with E-state index in [0.29, 0.717) is 0 Å². The van der Waals surface area contributed by atoms with E-state index >= 15 is 0 Å². The van der Waals surface area contributed by atoms with Gasteiger partial charge in [0.15, 0.2) is 0 Å². The molecule has 1 aliphatic heterocycles. The monoisotopic (exact) mass is 296 g/mol. The summed E-state index contributed by atoms with van der Waals surface area (Å²) in [5.41, 5.74) is 2.71. The predicted octanol–water partition coefficient (Wildman–Crippen LogP) is 4.43. The first-order chi connectivity index (χ1) is 10.4. The van der Waals surface area contributed by atoms with Crippen molar-refractivity contribution in [2.24, 2.45) is 0 Å². The normalized spacial score (nSPS) is 16.5. The van der Waals surface area contributed by atoms with Gasteiger partial charge in [0.1, 0.15) is 0 Å². The van der Waals surface area contributed by atoms with Crippen molar-refractivity contribution in [3.63, 3.8) is 0 Å². The Hall–Kier alpha value is -1.45. The predicted molar refractivity (Wildman–Crippen MR) is 89.7 cm³/mol. The van der Waals surface area contributed by atoms with Crippen LogP contribution in [0.25, 0.3) is 0 Å². The van der Waals surface area contributed by atoms with Crippen LogP contribution < -0.4 is 10.2 Å². The molecule has 0 unspecified atom stereocenters. The Balaban J connectivity index is 1.55. The van der Waals surface area contributed by atoms with Crippen LogP contribution in [0.3, 0.4) is 0 Å². The van der Waals surface area contributed by atoms with Crippen molar-refractivity contribution in [1.82, 2.24) is 5.32 Å². The zero-order chi connectivity index (χ0) is 14.1. The van der Waals surface area contributed by atoms with E-state index in [-0.39, 0.29) is 0 Å². The first-order valence-corrected chi connectivity index (χ1v) is 8.60. The summed E-state index contributed by atoms with van der Waals surface area (Å²) >= 11 is 1.88. The van der Waals surface area contributed by atoms with E-state index in [0.717, 1.165) is 19.1 Å². The third kappa shape index (κ3) is 2.81. The van der Waals surface area contributed by atoms with Crippen LogP contribution in [0.4, 0.5) is 11.4 Å². The molecule has 0 bridgehead atoms. The Morgan fingerprint density at radius 1 is 0.952 bits per heavy atom. The van der Waals surface area contributed by atoms with E-state index in [1.165, 1.54) is 40.4 Å². The van der Waals surface area contributed by atoms with Gasteiger partial charge < -0.3 is 10.2 Å². The zero-order valence-electron chi connectivity index (χ0n) is 12.1. The summed E-state index contributed by atoms with van der Waals surface area (Å²) in [5, 5.41) is 3.61. The SMILES string of the molecule is c1ccc2c(c1)Sc1ccccc1N2CCCNC1CC1. The molecular weight excluding hydrogens is 276 g/mol. The summed E-state index contributed by atoms with van der Waals surface area (Å²) in [6.45, 7) is 2.20. The lowest BCUT2D eigenvalue weighted by molar-refractivity contribution is 0.645. The first kappa shape index (κ1) is 13.2. The van der Waals surface area contributed by atoms with E-state index in [9.17, 15) is 0 Å². The lowest BCUT2D eigenvalue weighted by atomic mass is 10.2. The Bertz CT molecular complexity index is 591. The number of rotatable bonds is 5. The molecule has 0 aromatic heterocycles. The molecule has 1 fully saturated rings. The highest BCUT2D eigenvalue weighted by molar-refractivity contribution is 7.99. The lowest BCUT2D eigenvalue weighted by Crippen LogP contribution is -2.26. The average molecular weight is 296 g/mol. The fourth-order valence-electron chi connectivity index (χ4n) is 2.85. The molecule has 1 N–H and O–H groups in total. The zero-order valence-corrected chi connectivity index (χ0v) is 12.9. The van der Waals surface area contributed by atoms with Crippen LogP contribution in [0.5, 0.6) is 0 Å². The number of nitrogens with zero attached hydrogens (tertiary/aromatic N) is 1. The van der Waals surface area contributed by atoms with Crippen LogP contribution in [-0.4, -0.2) is 19.1 Å². The van der Waals surface area contributed by atoms with Crippen LogP contribution in [0.2, 0.25) is 0 Å². The molecular formula is C18H20N2S. The van der Waals surface area contributed by atoms with Crippen LogP contribution in [-0.2, 0) is 0 Å². The lowest BCUT2D eigenvalue weighted by Gasteiger charge is -2.32. The molecule has 2 aromatic rings. The Kier molecular flexibility index (Phi) is 3.62. The van der Waals surface area contributed by atoms with Gasteiger partial charge in [-0.05, 0) is 50.1 Å². The molecule has 2 nitrogen and oxygen atoms in total. The molecule has 0 spiro atoms. The summed E-state index contributed by atoms with van der Waals surface area (Å²) in [6, 6.07) is 18.3. The molecule has 108 valence electrons. The summed E-state index contributed by atoms with van der Waals surface area (Å²) in [6.07, 6.45) is 3.92. The molecule has 1 heterocycles. The molecule has 4 rings (SSSR count). The van der Waals surface area contributed by atoms with Crippen LogP contribution in [0.15, 0.2) is 58.3 Å². The second-order valence-electron chi connectivity index (χ2n) is 5.77. The minimum atomic E-state index is 0.807. The molecule has 0 atom stereocenters. The van der Waals surface area contributed by atoms with Gasteiger partial charge in [-0.15, -0.1) is 0 Å². The van der Waals surface area contributed by atoms with Gasteiger partial charge in [-0.2, -0.15) is 0 Å². The van der Waals surface area contributed by atoms with Crippen LogP contribution in [0, 0.1) is 0 Å². The highest BCUT2D eigenvalue weighted by Crippen LogP contribution is 2.47. The van der Waals surface area contributed by atoms with E-state index in [2.05, 4.69) is 58.7 Å². The van der Waals surface area contributed by atoms with E-state index in [1.807, 2.05) is 11.8 Å². The Morgan fingerprint density at radius 2 is 1.57 bits per heavy atom. The molecule has 3 heteroatoms. The minimum absolute atomic E-state index is 0.807. The van der Waals surface area contributed by atoms with Crippen molar-refractivity contribution in [2.75, 3.05) is 18.0 Å². The Morgan fingerprint density at radius 3 is 2.19 bits per heavy atom. The van der Waals surface area contributed by atoms with Gasteiger partial charge >= 0.3 is 0 Å². The van der Waals surface area contributed by atoms with Crippen molar-refractivity contribution in [2.45, 2.75) is 35.1 Å². The Labute approximate surface area is 130 Å². The molecule has 21 heavy (non-hydrogen) atoms. The van der Waals surface area contributed by atoms with Crippen LogP contribution in [0.1, 0.15) is 19.3 Å². The smallest absolute Gasteiger partial charge is 0.0552 e. The van der Waals surface area contributed by atoms with Crippen LogP contribution >= 0.6 is 11.8 Å². The van der Waals surface area contributed by atoms with Crippen molar-refractivity contribution in [3.8, 4) is 0 Å². The van der Waals surface area contributed by atoms with Gasteiger partial charge in [0.2, 0.25) is 0 Å². The number of fused-ring (bicyclic) bond motifs is 2. The van der Waals surface area contributed by atoms with Gasteiger partial charge in [0.05, 0.1) is 11.4 Å². The third-order valence-corrected chi connectivity index (χ3v) is 5.23. The number of hydrogen-bond acceptors (Lipinski definition) is 3. The molecule has 0 amide bonds. The molecule has 1 saturated carbocycles. The van der Waals surface area contributed by atoms with Gasteiger partial charge in [0, 0.05) is 22.4 Å². The van der Waals surface area contributed by atoms with Crippen molar-refractivity contribution < 1.29 is 0 Å². The van der Waals surface area contributed by atoms with Crippen molar-refractivity contribution in [1.29, 1.82) is 0 Å². The maximum absolute atomic E-state index is 3.61. The second-order valence-corrected chi connectivity index (χ2v) is 6.85. The summed E-state index contributed by atoms with van der Waals surface area (Å²) < 4.78 is 0. The van der Waals surface area contributed by atoms with E-state index in [1.54, 1.807) is 0 Å². The molecule has 0 radical (unpaired) electrons. The quantitative estimate of drug-likeness (QED) is 0.822. The van der Waals surface area contributed by atoms with E-state index in [4.69, 9.17) is 0 Å². The fraction of sp³-hybridized carbons (Fsp3) is 0.333. The maximum Gasteiger partial charge on any atom is 0.0552 e. The third-order valence-electron chi connectivity index (χ3n) is 4.10. The van der Waals surface area contributed by atoms with Gasteiger partial charge in [-0.1, -0.05) is 36.0 Å². The van der Waals surface area contributed by atoms with Gasteiger partial charge in [-0.25, -0.2) is 0 Å².